The summed E-state index contributed by atoms with van der Waals surface area (Å²) in [5.74, 6) is 1.60. The van der Waals surface area contributed by atoms with Gasteiger partial charge >= 0.3 is 0 Å². The van der Waals surface area contributed by atoms with Crippen LogP contribution in [0.25, 0.3) is 11.3 Å². The molecule has 0 saturated carbocycles. The van der Waals surface area contributed by atoms with Crippen LogP contribution in [0.5, 0.6) is 5.75 Å². The third kappa shape index (κ3) is 1.84. The van der Waals surface area contributed by atoms with Gasteiger partial charge in [0.1, 0.15) is 17.6 Å². The van der Waals surface area contributed by atoms with Gasteiger partial charge < -0.3 is 9.72 Å². The van der Waals surface area contributed by atoms with Gasteiger partial charge in [0, 0.05) is 5.56 Å². The summed E-state index contributed by atoms with van der Waals surface area (Å²) in [5, 5.41) is 9.10. The lowest BCUT2D eigenvalue weighted by atomic mass is 9.99. The van der Waals surface area contributed by atoms with Gasteiger partial charge in [-0.2, -0.15) is 5.26 Å². The number of benzene rings is 1. The van der Waals surface area contributed by atoms with E-state index in [0.29, 0.717) is 5.69 Å². The molecule has 92 valence electrons. The zero-order valence-corrected chi connectivity index (χ0v) is 11.0. The molecule has 2 rings (SSSR count). The first-order valence-electron chi connectivity index (χ1n) is 5.69. The second kappa shape index (κ2) is 4.53. The van der Waals surface area contributed by atoms with Crippen LogP contribution in [0.3, 0.4) is 0 Å². The standard InChI is InChI=1S/C14H15N3O/c1-8-9(2)13(18-4)6-5-11(8)14-12(7-15)16-10(3)17-14/h5-6H,1-4H3,(H,16,17). The Labute approximate surface area is 106 Å². The molecular weight excluding hydrogens is 226 g/mol. The molecule has 2 aromatic rings. The summed E-state index contributed by atoms with van der Waals surface area (Å²) in [6.07, 6.45) is 0. The Bertz CT molecular complexity index is 635. The van der Waals surface area contributed by atoms with Crippen molar-refractivity contribution in [2.24, 2.45) is 0 Å². The predicted molar refractivity (Wildman–Crippen MR) is 69.5 cm³/mol. The van der Waals surface area contributed by atoms with Crippen LogP contribution in [0.15, 0.2) is 12.1 Å². The average Bonchev–Trinajstić information content (AvgIpc) is 2.73. The lowest BCUT2D eigenvalue weighted by molar-refractivity contribution is 0.411. The highest BCUT2D eigenvalue weighted by Gasteiger charge is 2.14. The first-order valence-corrected chi connectivity index (χ1v) is 5.69. The minimum absolute atomic E-state index is 0.431. The molecule has 0 bridgehead atoms. The lowest BCUT2D eigenvalue weighted by Crippen LogP contribution is -1.94. The van der Waals surface area contributed by atoms with E-state index in [1.807, 2.05) is 32.9 Å². The van der Waals surface area contributed by atoms with E-state index >= 15 is 0 Å². The van der Waals surface area contributed by atoms with Crippen LogP contribution in [0.2, 0.25) is 0 Å². The van der Waals surface area contributed by atoms with Gasteiger partial charge in [0.05, 0.1) is 12.8 Å². The fraction of sp³-hybridized carbons (Fsp3) is 0.286. The fourth-order valence-electron chi connectivity index (χ4n) is 2.06. The molecule has 4 nitrogen and oxygen atoms in total. The summed E-state index contributed by atoms with van der Waals surface area (Å²) in [5.41, 5.74) is 4.37. The Hall–Kier alpha value is -2.28. The maximum absolute atomic E-state index is 9.10. The normalized spacial score (nSPS) is 10.2. The molecule has 1 aromatic carbocycles. The molecule has 0 atom stereocenters. The van der Waals surface area contributed by atoms with Gasteiger partial charge in [0.15, 0.2) is 5.69 Å². The van der Waals surface area contributed by atoms with Gasteiger partial charge in [0.2, 0.25) is 0 Å². The van der Waals surface area contributed by atoms with Gasteiger partial charge in [-0.1, -0.05) is 0 Å². The van der Waals surface area contributed by atoms with E-state index in [2.05, 4.69) is 16.0 Å². The smallest absolute Gasteiger partial charge is 0.166 e. The Balaban J connectivity index is 2.65. The van der Waals surface area contributed by atoms with E-state index in [1.54, 1.807) is 7.11 Å². The minimum Gasteiger partial charge on any atom is -0.496 e. The second-order valence-electron chi connectivity index (χ2n) is 4.22. The summed E-state index contributed by atoms with van der Waals surface area (Å²) >= 11 is 0. The SMILES string of the molecule is COc1ccc(-c2[nH]c(C)nc2C#N)c(C)c1C. The largest absolute Gasteiger partial charge is 0.496 e. The molecule has 0 aliphatic rings. The zero-order valence-electron chi connectivity index (χ0n) is 11.0. The first-order chi connectivity index (χ1) is 8.58. The van der Waals surface area contributed by atoms with Crippen molar-refractivity contribution in [1.29, 1.82) is 5.26 Å². The number of aromatic nitrogens is 2. The topological polar surface area (TPSA) is 61.7 Å². The van der Waals surface area contributed by atoms with Crippen molar-refractivity contribution in [2.75, 3.05) is 7.11 Å². The Morgan fingerprint density at radius 1 is 1.22 bits per heavy atom. The molecule has 1 heterocycles. The van der Waals surface area contributed by atoms with E-state index < -0.39 is 0 Å². The number of hydrogen-bond acceptors (Lipinski definition) is 3. The number of nitriles is 1. The van der Waals surface area contributed by atoms with Gasteiger partial charge in [0.25, 0.3) is 0 Å². The van der Waals surface area contributed by atoms with Gasteiger partial charge in [-0.05, 0) is 44.0 Å². The number of H-pyrrole nitrogens is 1. The molecule has 0 amide bonds. The van der Waals surface area contributed by atoms with Crippen LogP contribution < -0.4 is 4.74 Å². The van der Waals surface area contributed by atoms with E-state index in [0.717, 1.165) is 34.0 Å². The van der Waals surface area contributed by atoms with Crippen molar-refractivity contribution in [3.63, 3.8) is 0 Å². The van der Waals surface area contributed by atoms with E-state index in [4.69, 9.17) is 10.00 Å². The van der Waals surface area contributed by atoms with Crippen molar-refractivity contribution in [3.05, 3.63) is 34.8 Å². The number of nitrogens with one attached hydrogen (secondary N) is 1. The summed E-state index contributed by atoms with van der Waals surface area (Å²) in [7, 11) is 1.66. The molecule has 4 heteroatoms. The Kier molecular flexibility index (Phi) is 3.07. The molecule has 1 N–H and O–H groups in total. The van der Waals surface area contributed by atoms with E-state index in [-0.39, 0.29) is 0 Å². The molecule has 0 radical (unpaired) electrons. The van der Waals surface area contributed by atoms with Crippen molar-refractivity contribution in [2.45, 2.75) is 20.8 Å². The number of hydrogen-bond donors (Lipinski definition) is 1. The van der Waals surface area contributed by atoms with Crippen LogP contribution in [-0.4, -0.2) is 17.1 Å². The third-order valence-corrected chi connectivity index (χ3v) is 3.15. The number of rotatable bonds is 2. The highest BCUT2D eigenvalue weighted by molar-refractivity contribution is 5.71. The molecule has 1 aromatic heterocycles. The molecule has 18 heavy (non-hydrogen) atoms. The highest BCUT2D eigenvalue weighted by atomic mass is 16.5. The van der Waals surface area contributed by atoms with Crippen LogP contribution in [0.1, 0.15) is 22.6 Å². The molecule has 0 saturated heterocycles. The summed E-state index contributed by atoms with van der Waals surface area (Å²) in [6.45, 7) is 5.87. The lowest BCUT2D eigenvalue weighted by Gasteiger charge is -2.11. The molecule has 0 aliphatic carbocycles. The number of aromatic amines is 1. The van der Waals surface area contributed by atoms with E-state index in [1.165, 1.54) is 0 Å². The molecular formula is C14H15N3O. The van der Waals surface area contributed by atoms with Gasteiger partial charge in [-0.3, -0.25) is 0 Å². The minimum atomic E-state index is 0.431. The number of ether oxygens (including phenoxy) is 1. The Morgan fingerprint density at radius 2 is 1.94 bits per heavy atom. The van der Waals surface area contributed by atoms with Crippen molar-refractivity contribution >= 4 is 0 Å². The number of aryl methyl sites for hydroxylation is 1. The maximum atomic E-state index is 9.10. The van der Waals surface area contributed by atoms with Gasteiger partial charge in [-0.25, -0.2) is 4.98 Å². The maximum Gasteiger partial charge on any atom is 0.166 e. The summed E-state index contributed by atoms with van der Waals surface area (Å²) < 4.78 is 5.29. The van der Waals surface area contributed by atoms with Crippen LogP contribution >= 0.6 is 0 Å². The second-order valence-corrected chi connectivity index (χ2v) is 4.22. The summed E-state index contributed by atoms with van der Waals surface area (Å²) in [6, 6.07) is 5.98. The molecule has 0 spiro atoms. The van der Waals surface area contributed by atoms with Crippen molar-refractivity contribution in [1.82, 2.24) is 9.97 Å². The van der Waals surface area contributed by atoms with Crippen molar-refractivity contribution in [3.8, 4) is 23.1 Å². The highest BCUT2D eigenvalue weighted by Crippen LogP contribution is 2.31. The molecule has 0 unspecified atom stereocenters. The molecule has 0 fully saturated rings. The van der Waals surface area contributed by atoms with Crippen LogP contribution in [0, 0.1) is 32.1 Å². The third-order valence-electron chi connectivity index (χ3n) is 3.15. The monoisotopic (exact) mass is 241 g/mol. The number of imidazole rings is 1. The average molecular weight is 241 g/mol. The number of nitrogens with zero attached hydrogens (tertiary/aromatic N) is 2. The van der Waals surface area contributed by atoms with Crippen LogP contribution in [0.4, 0.5) is 0 Å². The van der Waals surface area contributed by atoms with E-state index in [9.17, 15) is 0 Å². The van der Waals surface area contributed by atoms with Crippen LogP contribution in [-0.2, 0) is 0 Å². The van der Waals surface area contributed by atoms with Gasteiger partial charge in [-0.15, -0.1) is 0 Å². The summed E-state index contributed by atoms with van der Waals surface area (Å²) in [4.78, 5) is 7.31. The first kappa shape index (κ1) is 12.2. The quantitative estimate of drug-likeness (QED) is 0.879. The Morgan fingerprint density at radius 3 is 2.56 bits per heavy atom. The molecule has 0 aliphatic heterocycles. The van der Waals surface area contributed by atoms with Crippen molar-refractivity contribution < 1.29 is 4.74 Å². The number of methoxy groups -OCH3 is 1. The zero-order chi connectivity index (χ0) is 13.3. The predicted octanol–water partition coefficient (Wildman–Crippen LogP) is 2.88. The fourth-order valence-corrected chi connectivity index (χ4v) is 2.06.